The summed E-state index contributed by atoms with van der Waals surface area (Å²) in [6.07, 6.45) is -0.933. The van der Waals surface area contributed by atoms with E-state index in [0.717, 1.165) is 4.90 Å². The van der Waals surface area contributed by atoms with E-state index in [2.05, 4.69) is 10.1 Å². The van der Waals surface area contributed by atoms with Crippen LogP contribution in [0, 0.1) is 0 Å². The van der Waals surface area contributed by atoms with E-state index in [-0.39, 0.29) is 6.61 Å². The third-order valence-corrected chi connectivity index (χ3v) is 4.34. The van der Waals surface area contributed by atoms with Crippen LogP contribution in [0.1, 0.15) is 18.1 Å². The van der Waals surface area contributed by atoms with Crippen molar-refractivity contribution in [3.63, 3.8) is 0 Å². The van der Waals surface area contributed by atoms with Crippen LogP contribution in [0.2, 0.25) is 0 Å². The van der Waals surface area contributed by atoms with Crippen molar-refractivity contribution in [2.75, 3.05) is 13.2 Å². The smallest absolute Gasteiger partial charge is 0.413 e. The van der Waals surface area contributed by atoms with E-state index in [1.807, 2.05) is 5.32 Å². The van der Waals surface area contributed by atoms with Crippen LogP contribution in [0.5, 0.6) is 0 Å². The van der Waals surface area contributed by atoms with Gasteiger partial charge in [-0.1, -0.05) is 60.7 Å². The number of nitrogens with one attached hydrogen (secondary N) is 2. The molecule has 0 unspecified atom stereocenters. The molecule has 0 radical (unpaired) electrons. The van der Waals surface area contributed by atoms with Crippen molar-refractivity contribution in [1.82, 2.24) is 15.5 Å². The Kier molecular flexibility index (Phi) is 5.39. The minimum absolute atomic E-state index is 0.0906. The predicted octanol–water partition coefficient (Wildman–Crippen LogP) is 1.75. The van der Waals surface area contributed by atoms with Crippen LogP contribution in [-0.4, -0.2) is 42.0 Å². The van der Waals surface area contributed by atoms with Gasteiger partial charge in [0.05, 0.1) is 6.61 Å². The number of benzene rings is 2. The molecule has 0 atom stereocenters. The number of carbonyl (C=O) groups is 4. The van der Waals surface area contributed by atoms with E-state index in [1.165, 1.54) is 0 Å². The molecule has 2 aromatic rings. The van der Waals surface area contributed by atoms with Gasteiger partial charge >= 0.3 is 12.1 Å². The number of rotatable bonds is 5. The Labute approximate surface area is 161 Å². The monoisotopic (exact) mass is 381 g/mol. The lowest BCUT2D eigenvalue weighted by atomic mass is 9.82. The highest BCUT2D eigenvalue weighted by Gasteiger charge is 2.54. The first-order valence-electron chi connectivity index (χ1n) is 8.70. The van der Waals surface area contributed by atoms with Gasteiger partial charge in [0, 0.05) is 0 Å². The Balaban J connectivity index is 1.94. The average Bonchev–Trinajstić information content (AvgIpc) is 2.95. The number of alkyl carbamates (subject to hydrolysis) is 1. The van der Waals surface area contributed by atoms with Crippen LogP contribution in [0.3, 0.4) is 0 Å². The van der Waals surface area contributed by atoms with Crippen molar-refractivity contribution in [3.8, 4) is 0 Å². The lowest BCUT2D eigenvalue weighted by molar-refractivity contribution is -0.134. The summed E-state index contributed by atoms with van der Waals surface area (Å²) >= 11 is 0. The summed E-state index contributed by atoms with van der Waals surface area (Å²) in [5.74, 6) is -1.42. The van der Waals surface area contributed by atoms with Crippen molar-refractivity contribution in [2.24, 2.45) is 0 Å². The lowest BCUT2D eigenvalue weighted by Crippen LogP contribution is -2.46. The summed E-state index contributed by atoms with van der Waals surface area (Å²) in [4.78, 5) is 50.2. The second-order valence-electron chi connectivity index (χ2n) is 6.07. The summed E-state index contributed by atoms with van der Waals surface area (Å²) < 4.78 is 4.64. The first-order valence-corrected chi connectivity index (χ1v) is 8.70. The Morgan fingerprint density at radius 3 is 2.04 bits per heavy atom. The molecule has 1 fully saturated rings. The SMILES string of the molecule is CCOC(=O)NC(=O)CN1C(=O)NC(c2ccccc2)(c2ccccc2)C1=O. The summed E-state index contributed by atoms with van der Waals surface area (Å²) in [7, 11) is 0. The topological polar surface area (TPSA) is 105 Å². The van der Waals surface area contributed by atoms with E-state index >= 15 is 0 Å². The number of hydrogen-bond donors (Lipinski definition) is 2. The molecule has 3 rings (SSSR count). The molecule has 2 N–H and O–H groups in total. The fourth-order valence-corrected chi connectivity index (χ4v) is 3.12. The molecule has 8 heteroatoms. The largest absolute Gasteiger partial charge is 0.450 e. The molecular formula is C20H19N3O5. The van der Waals surface area contributed by atoms with Crippen molar-refractivity contribution in [2.45, 2.75) is 12.5 Å². The van der Waals surface area contributed by atoms with Crippen molar-refractivity contribution >= 4 is 23.9 Å². The molecule has 28 heavy (non-hydrogen) atoms. The van der Waals surface area contributed by atoms with Crippen LogP contribution < -0.4 is 10.6 Å². The molecule has 2 aromatic carbocycles. The maximum absolute atomic E-state index is 13.3. The first kappa shape index (κ1) is 19.1. The van der Waals surface area contributed by atoms with Crippen LogP contribution in [-0.2, 0) is 19.9 Å². The van der Waals surface area contributed by atoms with Gasteiger partial charge < -0.3 is 10.1 Å². The maximum atomic E-state index is 13.3. The summed E-state index contributed by atoms with van der Waals surface area (Å²) in [5.41, 5.74) is -0.329. The third-order valence-electron chi connectivity index (χ3n) is 4.34. The molecular weight excluding hydrogens is 362 g/mol. The summed E-state index contributed by atoms with van der Waals surface area (Å²) in [6.45, 7) is 1.08. The number of imide groups is 2. The zero-order valence-electron chi connectivity index (χ0n) is 15.2. The molecule has 1 saturated heterocycles. The van der Waals surface area contributed by atoms with Gasteiger partial charge in [0.2, 0.25) is 5.91 Å². The predicted molar refractivity (Wildman–Crippen MR) is 99.1 cm³/mol. The normalized spacial score (nSPS) is 15.1. The van der Waals surface area contributed by atoms with Gasteiger partial charge in [0.1, 0.15) is 6.54 Å². The second kappa shape index (κ2) is 7.91. The first-order chi connectivity index (χ1) is 13.5. The number of nitrogens with zero attached hydrogens (tertiary/aromatic N) is 1. The highest BCUT2D eigenvalue weighted by Crippen LogP contribution is 2.35. The fourth-order valence-electron chi connectivity index (χ4n) is 3.12. The van der Waals surface area contributed by atoms with Crippen LogP contribution in [0.4, 0.5) is 9.59 Å². The van der Waals surface area contributed by atoms with Crippen LogP contribution in [0.25, 0.3) is 0 Å². The van der Waals surface area contributed by atoms with Gasteiger partial charge in [0.25, 0.3) is 5.91 Å². The molecule has 144 valence electrons. The summed E-state index contributed by atoms with van der Waals surface area (Å²) in [5, 5.41) is 4.71. The molecule has 8 nitrogen and oxygen atoms in total. The molecule has 0 aliphatic carbocycles. The molecule has 5 amide bonds. The Morgan fingerprint density at radius 1 is 1.00 bits per heavy atom. The van der Waals surface area contributed by atoms with E-state index < -0.39 is 36.0 Å². The van der Waals surface area contributed by atoms with Gasteiger partial charge in [-0.3, -0.25) is 19.8 Å². The number of urea groups is 1. The standard InChI is InChI=1S/C20H19N3O5/c1-2-28-19(27)21-16(24)13-23-17(25)20(22-18(23)26,14-9-5-3-6-10-14)15-11-7-4-8-12-15/h3-12H,2,13H2,1H3,(H,22,26)(H,21,24,27). The zero-order valence-corrected chi connectivity index (χ0v) is 15.2. The minimum Gasteiger partial charge on any atom is -0.450 e. The second-order valence-corrected chi connectivity index (χ2v) is 6.07. The van der Waals surface area contributed by atoms with E-state index in [4.69, 9.17) is 0 Å². The van der Waals surface area contributed by atoms with Gasteiger partial charge in [-0.2, -0.15) is 0 Å². The molecule has 1 aliphatic heterocycles. The number of ether oxygens (including phenoxy) is 1. The van der Waals surface area contributed by atoms with Crippen LogP contribution >= 0.6 is 0 Å². The molecule has 0 aromatic heterocycles. The van der Waals surface area contributed by atoms with Gasteiger partial charge in [0.15, 0.2) is 5.54 Å². The number of carbonyl (C=O) groups excluding carboxylic acids is 4. The van der Waals surface area contributed by atoms with Crippen LogP contribution in [0.15, 0.2) is 60.7 Å². The lowest BCUT2D eigenvalue weighted by Gasteiger charge is -2.27. The van der Waals surface area contributed by atoms with E-state index in [1.54, 1.807) is 67.6 Å². The molecule has 1 heterocycles. The zero-order chi connectivity index (χ0) is 20.1. The Hall–Kier alpha value is -3.68. The highest BCUT2D eigenvalue weighted by atomic mass is 16.5. The van der Waals surface area contributed by atoms with Crippen molar-refractivity contribution in [1.29, 1.82) is 0 Å². The van der Waals surface area contributed by atoms with Gasteiger partial charge in [-0.15, -0.1) is 0 Å². The van der Waals surface area contributed by atoms with Gasteiger partial charge in [-0.05, 0) is 18.1 Å². The van der Waals surface area contributed by atoms with E-state index in [9.17, 15) is 19.2 Å². The van der Waals surface area contributed by atoms with Crippen molar-refractivity contribution < 1.29 is 23.9 Å². The highest BCUT2D eigenvalue weighted by molar-refractivity contribution is 6.11. The molecule has 0 saturated carbocycles. The maximum Gasteiger partial charge on any atom is 0.413 e. The average molecular weight is 381 g/mol. The summed E-state index contributed by atoms with van der Waals surface area (Å²) in [6, 6.07) is 16.8. The molecule has 1 aliphatic rings. The van der Waals surface area contributed by atoms with E-state index in [0.29, 0.717) is 11.1 Å². The number of hydrogen-bond acceptors (Lipinski definition) is 5. The fraction of sp³-hybridized carbons (Fsp3) is 0.200. The third kappa shape index (κ3) is 3.44. The minimum atomic E-state index is -1.45. The quantitative estimate of drug-likeness (QED) is 0.768. The number of amides is 5. The van der Waals surface area contributed by atoms with Gasteiger partial charge in [-0.25, -0.2) is 9.59 Å². The molecule has 0 bridgehead atoms. The Morgan fingerprint density at radius 2 is 1.54 bits per heavy atom. The van der Waals surface area contributed by atoms with Crippen molar-refractivity contribution in [3.05, 3.63) is 71.8 Å². The molecule has 0 spiro atoms. The Bertz CT molecular complexity index is 859.